The summed E-state index contributed by atoms with van der Waals surface area (Å²) in [6.07, 6.45) is 0. The second kappa shape index (κ2) is 6.22. The van der Waals surface area contributed by atoms with Gasteiger partial charge in [0.05, 0.1) is 0 Å². The van der Waals surface area contributed by atoms with Crippen molar-refractivity contribution in [3.8, 4) is 0 Å². The summed E-state index contributed by atoms with van der Waals surface area (Å²) >= 11 is 0. The molecule has 0 aliphatic heterocycles. The van der Waals surface area contributed by atoms with Crippen molar-refractivity contribution in [2.75, 3.05) is 0 Å². The van der Waals surface area contributed by atoms with Crippen LogP contribution in [0.15, 0.2) is 63.9 Å². The van der Waals surface area contributed by atoms with Crippen LogP contribution in [0.4, 0.5) is 13.2 Å². The number of benzene rings is 2. The van der Waals surface area contributed by atoms with E-state index in [4.69, 9.17) is 0 Å². The molecule has 0 aromatic heterocycles. The molecule has 2 aromatic carbocycles. The lowest BCUT2D eigenvalue weighted by atomic mass is 10.1. The van der Waals surface area contributed by atoms with E-state index in [2.05, 4.69) is 4.36 Å². The Bertz CT molecular complexity index is 664. The van der Waals surface area contributed by atoms with E-state index < -0.39 is 22.1 Å². The first-order valence-electron chi connectivity index (χ1n) is 6.07. The van der Waals surface area contributed by atoms with Gasteiger partial charge in [-0.2, -0.15) is 17.5 Å². The Hall–Kier alpha value is -1.95. The molecule has 0 bridgehead atoms. The minimum atomic E-state index is -4.58. The van der Waals surface area contributed by atoms with E-state index >= 15 is 0 Å². The number of rotatable bonds is 2. The number of hydrogen-bond acceptors (Lipinski definition) is 1. The van der Waals surface area contributed by atoms with Crippen LogP contribution < -0.4 is 0 Å². The fourth-order valence-electron chi connectivity index (χ4n) is 1.62. The van der Waals surface area contributed by atoms with Crippen LogP contribution in [0.1, 0.15) is 15.9 Å². The quantitative estimate of drug-likeness (QED) is 0.802. The molecule has 2 nitrogen and oxygen atoms in total. The van der Waals surface area contributed by atoms with E-state index in [0.29, 0.717) is 0 Å². The minimum Gasteiger partial charge on any atom is -0.266 e. The molecule has 0 aliphatic rings. The molecular weight excluding hydrogens is 299 g/mol. The first-order chi connectivity index (χ1) is 9.88. The van der Waals surface area contributed by atoms with Crippen molar-refractivity contribution in [2.24, 2.45) is 4.36 Å². The number of aryl methyl sites for hydroxylation is 1. The summed E-state index contributed by atoms with van der Waals surface area (Å²) in [5.74, 6) is -0.862. The van der Waals surface area contributed by atoms with Gasteiger partial charge in [-0.1, -0.05) is 35.9 Å². The van der Waals surface area contributed by atoms with Gasteiger partial charge in [-0.05, 0) is 31.2 Å². The van der Waals surface area contributed by atoms with Gasteiger partial charge in [-0.3, -0.25) is 4.79 Å². The highest BCUT2D eigenvalue weighted by molar-refractivity contribution is 7.88. The molecule has 2 aromatic rings. The lowest BCUT2D eigenvalue weighted by Gasteiger charge is -2.11. The van der Waals surface area contributed by atoms with Gasteiger partial charge in [0.1, 0.15) is 0 Å². The molecule has 0 fully saturated rings. The van der Waals surface area contributed by atoms with Crippen LogP contribution in [0.5, 0.6) is 0 Å². The Morgan fingerprint density at radius 1 is 1.00 bits per heavy atom. The van der Waals surface area contributed by atoms with Gasteiger partial charge in [0.2, 0.25) is 0 Å². The SMILES string of the molecule is Cc1ccc(C(=O)N=S(c2ccccc2)C(F)(F)F)cc1. The molecule has 0 aliphatic carbocycles. The van der Waals surface area contributed by atoms with Crippen LogP contribution in [0.2, 0.25) is 0 Å². The Morgan fingerprint density at radius 3 is 2.10 bits per heavy atom. The van der Waals surface area contributed by atoms with Crippen LogP contribution in [0, 0.1) is 6.92 Å². The molecule has 0 saturated heterocycles. The molecular formula is C15H12F3NOS. The van der Waals surface area contributed by atoms with E-state index in [1.165, 1.54) is 36.4 Å². The van der Waals surface area contributed by atoms with Crippen LogP contribution >= 0.6 is 0 Å². The molecule has 6 heteroatoms. The summed E-state index contributed by atoms with van der Waals surface area (Å²) in [5.41, 5.74) is -3.51. The number of halogens is 3. The molecule has 0 N–H and O–H groups in total. The van der Waals surface area contributed by atoms with Crippen molar-refractivity contribution in [1.29, 1.82) is 0 Å². The maximum atomic E-state index is 13.1. The molecule has 0 spiro atoms. The second-order valence-corrected chi connectivity index (χ2v) is 5.99. The van der Waals surface area contributed by atoms with Gasteiger partial charge in [-0.15, -0.1) is 0 Å². The van der Waals surface area contributed by atoms with Crippen molar-refractivity contribution < 1.29 is 18.0 Å². The fourth-order valence-corrected chi connectivity index (χ4v) is 2.78. The lowest BCUT2D eigenvalue weighted by Crippen LogP contribution is -2.17. The molecule has 0 radical (unpaired) electrons. The summed E-state index contributed by atoms with van der Waals surface area (Å²) in [4.78, 5) is 11.9. The highest BCUT2D eigenvalue weighted by Crippen LogP contribution is 2.28. The molecule has 2 rings (SSSR count). The Kier molecular flexibility index (Phi) is 4.57. The van der Waals surface area contributed by atoms with E-state index in [1.807, 2.05) is 6.92 Å². The van der Waals surface area contributed by atoms with Gasteiger partial charge in [0.25, 0.3) is 5.91 Å². The smallest absolute Gasteiger partial charge is 0.266 e. The zero-order valence-electron chi connectivity index (χ0n) is 11.1. The minimum absolute atomic E-state index is 0.0227. The zero-order chi connectivity index (χ0) is 15.5. The molecule has 110 valence electrons. The lowest BCUT2D eigenvalue weighted by molar-refractivity contribution is -0.0357. The first-order valence-corrected chi connectivity index (χ1v) is 7.25. The first kappa shape index (κ1) is 15.4. The summed E-state index contributed by atoms with van der Waals surface area (Å²) in [6.45, 7) is 1.83. The summed E-state index contributed by atoms with van der Waals surface area (Å²) in [5, 5.41) is 0. The Morgan fingerprint density at radius 2 is 1.57 bits per heavy atom. The molecule has 0 saturated carbocycles. The van der Waals surface area contributed by atoms with Crippen molar-refractivity contribution in [3.05, 3.63) is 65.7 Å². The van der Waals surface area contributed by atoms with Gasteiger partial charge in [-0.25, -0.2) is 0 Å². The van der Waals surface area contributed by atoms with Gasteiger partial charge >= 0.3 is 5.51 Å². The molecule has 21 heavy (non-hydrogen) atoms. The molecule has 1 unspecified atom stereocenters. The van der Waals surface area contributed by atoms with Crippen molar-refractivity contribution >= 4 is 16.6 Å². The topological polar surface area (TPSA) is 29.4 Å². The molecule has 1 atom stereocenters. The van der Waals surface area contributed by atoms with E-state index in [0.717, 1.165) is 5.56 Å². The number of amides is 1. The number of hydrogen-bond donors (Lipinski definition) is 0. The van der Waals surface area contributed by atoms with Crippen LogP contribution in [-0.4, -0.2) is 11.4 Å². The van der Waals surface area contributed by atoms with E-state index in [9.17, 15) is 18.0 Å². The average Bonchev–Trinajstić information content (AvgIpc) is 2.45. The van der Waals surface area contributed by atoms with Crippen LogP contribution in [-0.2, 0) is 10.7 Å². The Labute approximate surface area is 122 Å². The van der Waals surface area contributed by atoms with Crippen molar-refractivity contribution in [1.82, 2.24) is 0 Å². The highest BCUT2D eigenvalue weighted by Gasteiger charge is 2.36. The van der Waals surface area contributed by atoms with Gasteiger partial charge in [0.15, 0.2) is 0 Å². The fraction of sp³-hybridized carbons (Fsp3) is 0.133. The van der Waals surface area contributed by atoms with Crippen LogP contribution in [0.3, 0.4) is 0 Å². The summed E-state index contributed by atoms with van der Waals surface area (Å²) in [7, 11) is -2.47. The number of carbonyl (C=O) groups is 1. The second-order valence-electron chi connectivity index (χ2n) is 4.31. The number of carbonyl (C=O) groups excluding carboxylic acids is 1. The van der Waals surface area contributed by atoms with E-state index in [-0.39, 0.29) is 10.5 Å². The number of nitrogens with zero attached hydrogens (tertiary/aromatic N) is 1. The third-order valence-electron chi connectivity index (χ3n) is 2.66. The highest BCUT2D eigenvalue weighted by atomic mass is 32.2. The largest absolute Gasteiger partial charge is 0.457 e. The van der Waals surface area contributed by atoms with Gasteiger partial charge in [0, 0.05) is 21.2 Å². The zero-order valence-corrected chi connectivity index (χ0v) is 11.9. The average molecular weight is 311 g/mol. The monoisotopic (exact) mass is 311 g/mol. The van der Waals surface area contributed by atoms with Crippen molar-refractivity contribution in [2.45, 2.75) is 17.3 Å². The summed E-state index contributed by atoms with van der Waals surface area (Å²) < 4.78 is 42.7. The third kappa shape index (κ3) is 4.01. The third-order valence-corrected chi connectivity index (χ3v) is 4.16. The summed E-state index contributed by atoms with van der Waals surface area (Å²) in [6, 6.07) is 13.5. The normalized spacial score (nSPS) is 13.1. The van der Waals surface area contributed by atoms with Gasteiger partial charge < -0.3 is 0 Å². The molecule has 0 heterocycles. The molecule has 1 amide bonds. The standard InChI is InChI=1S/C15H12F3NOS/c1-11-7-9-12(10-8-11)14(20)19-21(15(16,17)18)13-5-3-2-4-6-13/h2-10H,1H3. The van der Waals surface area contributed by atoms with Crippen molar-refractivity contribution in [3.63, 3.8) is 0 Å². The predicted octanol–water partition coefficient (Wildman–Crippen LogP) is 4.52. The van der Waals surface area contributed by atoms with Crippen LogP contribution in [0.25, 0.3) is 0 Å². The van der Waals surface area contributed by atoms with E-state index in [1.54, 1.807) is 18.2 Å². The predicted molar refractivity (Wildman–Crippen MR) is 76.1 cm³/mol. The maximum Gasteiger partial charge on any atom is 0.457 e. The number of alkyl halides is 3. The maximum absolute atomic E-state index is 13.1. The Balaban J connectivity index is 2.42.